The number of aryl methyl sites for hydroxylation is 2. The topological polar surface area (TPSA) is 74.7 Å². The van der Waals surface area contributed by atoms with E-state index in [2.05, 4.69) is 26.5 Å². The lowest BCUT2D eigenvalue weighted by molar-refractivity contribution is 0.318. The number of fused-ring (bicyclic) bond motifs is 1. The molecule has 3 heterocycles. The molecule has 0 bridgehead atoms. The predicted octanol–water partition coefficient (Wildman–Crippen LogP) is 2.42. The Balaban J connectivity index is 2.06. The largest absolute Gasteiger partial charge is 0.409 e. The summed E-state index contributed by atoms with van der Waals surface area (Å²) in [6.07, 6.45) is 1.01. The van der Waals surface area contributed by atoms with Gasteiger partial charge >= 0.3 is 0 Å². The van der Waals surface area contributed by atoms with Crippen molar-refractivity contribution in [1.82, 2.24) is 4.98 Å². The summed E-state index contributed by atoms with van der Waals surface area (Å²) in [7, 11) is 0. The number of nitrogens with zero attached hydrogens (tertiary/aromatic N) is 3. The quantitative estimate of drug-likeness (QED) is 0.387. The van der Waals surface area contributed by atoms with E-state index in [1.54, 1.807) is 0 Å². The van der Waals surface area contributed by atoms with E-state index in [0.717, 1.165) is 42.1 Å². The molecule has 2 aromatic heterocycles. The van der Waals surface area contributed by atoms with Gasteiger partial charge in [-0.1, -0.05) is 5.16 Å². The van der Waals surface area contributed by atoms with Gasteiger partial charge in [0.25, 0.3) is 0 Å². The van der Waals surface area contributed by atoms with Crippen molar-refractivity contribution in [2.45, 2.75) is 26.8 Å². The van der Waals surface area contributed by atoms with Gasteiger partial charge in [0.1, 0.15) is 5.82 Å². The van der Waals surface area contributed by atoms with E-state index in [1.807, 2.05) is 31.3 Å². The number of nitrogens with two attached hydrogens (primary N) is 1. The molecule has 0 saturated heterocycles. The summed E-state index contributed by atoms with van der Waals surface area (Å²) in [5.74, 6) is 0.922. The summed E-state index contributed by atoms with van der Waals surface area (Å²) >= 11 is 1.81. The molecule has 1 aliphatic rings. The molecule has 110 valence electrons. The molecular formula is C15H18N4OS. The number of amidine groups is 1. The van der Waals surface area contributed by atoms with Crippen LogP contribution in [0.3, 0.4) is 0 Å². The van der Waals surface area contributed by atoms with Gasteiger partial charge in [-0.05, 0) is 48.9 Å². The van der Waals surface area contributed by atoms with Gasteiger partial charge in [-0.2, -0.15) is 0 Å². The van der Waals surface area contributed by atoms with Gasteiger partial charge in [-0.15, -0.1) is 11.3 Å². The fraction of sp³-hybridized carbons (Fsp3) is 0.333. The van der Waals surface area contributed by atoms with Crippen molar-refractivity contribution in [3.63, 3.8) is 0 Å². The Morgan fingerprint density at radius 2 is 2.29 bits per heavy atom. The van der Waals surface area contributed by atoms with Gasteiger partial charge in [0.05, 0.1) is 5.56 Å². The lowest BCUT2D eigenvalue weighted by Gasteiger charge is -2.30. The number of aromatic nitrogens is 1. The molecule has 0 unspecified atom stereocenters. The summed E-state index contributed by atoms with van der Waals surface area (Å²) in [4.78, 5) is 8.30. The monoisotopic (exact) mass is 302 g/mol. The lowest BCUT2D eigenvalue weighted by atomic mass is 10.0. The van der Waals surface area contributed by atoms with E-state index in [9.17, 15) is 0 Å². The third-order valence-electron chi connectivity index (χ3n) is 3.80. The normalized spacial score (nSPS) is 15.1. The van der Waals surface area contributed by atoms with Crippen molar-refractivity contribution < 1.29 is 5.21 Å². The van der Waals surface area contributed by atoms with Crippen LogP contribution in [0.4, 0.5) is 5.82 Å². The minimum atomic E-state index is 0.117. The highest BCUT2D eigenvalue weighted by atomic mass is 32.1. The molecule has 3 N–H and O–H groups in total. The first-order chi connectivity index (χ1) is 10.1. The van der Waals surface area contributed by atoms with Crippen LogP contribution in [-0.4, -0.2) is 22.6 Å². The highest BCUT2D eigenvalue weighted by Gasteiger charge is 2.23. The number of pyridine rings is 1. The molecule has 0 amide bonds. The second-order valence-electron chi connectivity index (χ2n) is 5.30. The summed E-state index contributed by atoms with van der Waals surface area (Å²) in [5, 5.41) is 14.3. The van der Waals surface area contributed by atoms with Crippen molar-refractivity contribution in [2.75, 3.05) is 11.4 Å². The first-order valence-corrected chi connectivity index (χ1v) is 7.74. The standard InChI is InChI=1S/C15H18N4OS/c1-9-7-10(2)17-15(13(9)14(16)18-20)19-5-3-12-11(8-19)4-6-21-12/h4,6-7,20H,3,5,8H2,1-2H3,(H2,16,18). The summed E-state index contributed by atoms with van der Waals surface area (Å²) in [5.41, 5.74) is 9.85. The van der Waals surface area contributed by atoms with Gasteiger partial charge in [0, 0.05) is 23.7 Å². The first-order valence-electron chi connectivity index (χ1n) is 6.86. The maximum Gasteiger partial charge on any atom is 0.174 e. The van der Waals surface area contributed by atoms with Crippen LogP contribution < -0.4 is 10.6 Å². The van der Waals surface area contributed by atoms with Gasteiger partial charge in [0.15, 0.2) is 5.84 Å². The van der Waals surface area contributed by atoms with Gasteiger partial charge in [-0.25, -0.2) is 4.98 Å². The van der Waals surface area contributed by atoms with E-state index in [1.165, 1.54) is 10.4 Å². The van der Waals surface area contributed by atoms with Crippen molar-refractivity contribution in [1.29, 1.82) is 0 Å². The van der Waals surface area contributed by atoms with E-state index in [4.69, 9.17) is 10.9 Å². The number of oxime groups is 1. The van der Waals surface area contributed by atoms with Crippen molar-refractivity contribution in [3.05, 3.63) is 44.8 Å². The maximum absolute atomic E-state index is 9.05. The minimum Gasteiger partial charge on any atom is -0.409 e. The Kier molecular flexibility index (Phi) is 3.55. The number of thiophene rings is 1. The second-order valence-corrected chi connectivity index (χ2v) is 6.31. The molecule has 3 rings (SSSR count). The van der Waals surface area contributed by atoms with Gasteiger partial charge in [0.2, 0.25) is 0 Å². The highest BCUT2D eigenvalue weighted by Crippen LogP contribution is 2.30. The van der Waals surface area contributed by atoms with Crippen LogP contribution in [-0.2, 0) is 13.0 Å². The van der Waals surface area contributed by atoms with E-state index >= 15 is 0 Å². The third-order valence-corrected chi connectivity index (χ3v) is 4.82. The van der Waals surface area contributed by atoms with Crippen molar-refractivity contribution in [3.8, 4) is 0 Å². The van der Waals surface area contributed by atoms with Gasteiger partial charge in [-0.3, -0.25) is 0 Å². The van der Waals surface area contributed by atoms with Crippen LogP contribution in [0, 0.1) is 13.8 Å². The molecule has 21 heavy (non-hydrogen) atoms. The molecule has 0 radical (unpaired) electrons. The Labute approximate surface area is 127 Å². The van der Waals surface area contributed by atoms with Crippen LogP contribution >= 0.6 is 11.3 Å². The molecule has 1 aliphatic heterocycles. The molecule has 0 atom stereocenters. The Morgan fingerprint density at radius 3 is 3.05 bits per heavy atom. The zero-order valence-corrected chi connectivity index (χ0v) is 12.9. The van der Waals surface area contributed by atoms with Crippen LogP contribution in [0.5, 0.6) is 0 Å². The van der Waals surface area contributed by atoms with Crippen molar-refractivity contribution in [2.24, 2.45) is 10.9 Å². The summed E-state index contributed by atoms with van der Waals surface area (Å²) in [6, 6.07) is 4.12. The fourth-order valence-electron chi connectivity index (χ4n) is 2.84. The van der Waals surface area contributed by atoms with E-state index < -0.39 is 0 Å². The molecule has 2 aromatic rings. The Morgan fingerprint density at radius 1 is 1.48 bits per heavy atom. The van der Waals surface area contributed by atoms with E-state index in [0.29, 0.717) is 0 Å². The summed E-state index contributed by atoms with van der Waals surface area (Å²) in [6.45, 7) is 5.65. The molecule has 6 heteroatoms. The Bertz CT molecular complexity index is 708. The van der Waals surface area contributed by atoms with Crippen molar-refractivity contribution >= 4 is 23.0 Å². The van der Waals surface area contributed by atoms with Gasteiger partial charge < -0.3 is 15.8 Å². The van der Waals surface area contributed by atoms with Crippen LogP contribution in [0.15, 0.2) is 22.7 Å². The van der Waals surface area contributed by atoms with Crippen LogP contribution in [0.1, 0.15) is 27.3 Å². The molecule has 0 saturated carbocycles. The average Bonchev–Trinajstić information content (AvgIpc) is 2.93. The van der Waals surface area contributed by atoms with Crippen LogP contribution in [0.2, 0.25) is 0 Å². The fourth-order valence-corrected chi connectivity index (χ4v) is 3.73. The number of hydrogen-bond acceptors (Lipinski definition) is 5. The minimum absolute atomic E-state index is 0.117. The first kappa shape index (κ1) is 13.9. The molecular weight excluding hydrogens is 284 g/mol. The highest BCUT2D eigenvalue weighted by molar-refractivity contribution is 7.10. The molecule has 5 nitrogen and oxygen atoms in total. The van der Waals surface area contributed by atoms with E-state index in [-0.39, 0.29) is 5.84 Å². The van der Waals surface area contributed by atoms with Crippen LogP contribution in [0.25, 0.3) is 0 Å². The number of hydrogen-bond donors (Lipinski definition) is 2. The number of anilines is 1. The number of rotatable bonds is 2. The smallest absolute Gasteiger partial charge is 0.174 e. The molecule has 0 aliphatic carbocycles. The molecule has 0 spiro atoms. The molecule has 0 fully saturated rings. The lowest BCUT2D eigenvalue weighted by Crippen LogP contribution is -2.33. The second kappa shape index (κ2) is 5.37. The zero-order valence-electron chi connectivity index (χ0n) is 12.1. The maximum atomic E-state index is 9.05. The third kappa shape index (κ3) is 2.47. The summed E-state index contributed by atoms with van der Waals surface area (Å²) < 4.78 is 0. The molecule has 0 aromatic carbocycles. The SMILES string of the molecule is Cc1cc(C)c(C(N)=NO)c(N2CCc3sccc3C2)n1. The predicted molar refractivity (Wildman–Crippen MR) is 85.3 cm³/mol. The zero-order chi connectivity index (χ0) is 15.0. The average molecular weight is 302 g/mol. The Hall–Kier alpha value is -2.08.